The first kappa shape index (κ1) is 23.2. The van der Waals surface area contributed by atoms with Gasteiger partial charge in [-0.2, -0.15) is 0 Å². The van der Waals surface area contributed by atoms with Gasteiger partial charge in [0.25, 0.3) is 0 Å². The number of carbonyl (C=O) groups excluding carboxylic acids is 1. The molecule has 1 aliphatic rings. The van der Waals surface area contributed by atoms with Gasteiger partial charge >= 0.3 is 6.09 Å². The van der Waals surface area contributed by atoms with Crippen LogP contribution in [0.3, 0.4) is 0 Å². The molecule has 2 rings (SSSR count). The van der Waals surface area contributed by atoms with Gasteiger partial charge in [0, 0.05) is 37.9 Å². The number of rotatable bonds is 7. The topological polar surface area (TPSA) is 54.0 Å². The van der Waals surface area contributed by atoms with Gasteiger partial charge in [0.05, 0.1) is 20.3 Å². The monoisotopic (exact) mass is 379 g/mol. The molecule has 1 fully saturated rings. The molecule has 27 heavy (non-hydrogen) atoms. The SMILES string of the molecule is CCC.CCN(CCNC(=O)OC)C(C)c1ccc(N2CCOCC2)cc1. The molecule has 1 unspecified atom stereocenters. The third-order valence-electron chi connectivity index (χ3n) is 4.56. The predicted molar refractivity (Wildman–Crippen MR) is 112 cm³/mol. The second kappa shape index (κ2) is 13.4. The van der Waals surface area contributed by atoms with E-state index in [1.807, 2.05) is 0 Å². The maximum atomic E-state index is 11.1. The maximum Gasteiger partial charge on any atom is 0.406 e. The highest BCUT2D eigenvalue weighted by Gasteiger charge is 2.16. The number of amides is 1. The van der Waals surface area contributed by atoms with Crippen LogP contribution in [-0.4, -0.2) is 64.0 Å². The molecule has 0 bridgehead atoms. The van der Waals surface area contributed by atoms with Gasteiger partial charge in [0.2, 0.25) is 0 Å². The van der Waals surface area contributed by atoms with Crippen LogP contribution in [0, 0.1) is 0 Å². The number of morpholine rings is 1. The van der Waals surface area contributed by atoms with E-state index in [9.17, 15) is 4.79 Å². The van der Waals surface area contributed by atoms with Crippen molar-refractivity contribution in [1.82, 2.24) is 10.2 Å². The summed E-state index contributed by atoms with van der Waals surface area (Å²) in [6, 6.07) is 9.08. The van der Waals surface area contributed by atoms with E-state index >= 15 is 0 Å². The normalized spacial score (nSPS) is 15.0. The molecule has 1 amide bonds. The number of anilines is 1. The third kappa shape index (κ3) is 8.18. The molecule has 1 heterocycles. The highest BCUT2D eigenvalue weighted by atomic mass is 16.5. The van der Waals surface area contributed by atoms with E-state index in [1.165, 1.54) is 24.8 Å². The van der Waals surface area contributed by atoms with Gasteiger partial charge in [-0.15, -0.1) is 0 Å². The number of nitrogens with one attached hydrogen (secondary N) is 1. The van der Waals surface area contributed by atoms with Crippen LogP contribution in [0.1, 0.15) is 45.7 Å². The van der Waals surface area contributed by atoms with E-state index in [-0.39, 0.29) is 6.09 Å². The highest BCUT2D eigenvalue weighted by Crippen LogP contribution is 2.23. The molecule has 1 aromatic carbocycles. The molecule has 0 radical (unpaired) electrons. The van der Waals surface area contributed by atoms with Crippen LogP contribution < -0.4 is 10.2 Å². The number of likely N-dealkylation sites (N-methyl/N-ethyl adjacent to an activating group) is 1. The van der Waals surface area contributed by atoms with Crippen molar-refractivity contribution >= 4 is 11.8 Å². The highest BCUT2D eigenvalue weighted by molar-refractivity contribution is 5.66. The molecule has 154 valence electrons. The van der Waals surface area contributed by atoms with Crippen LogP contribution in [0.4, 0.5) is 10.5 Å². The number of methoxy groups -OCH3 is 1. The quantitative estimate of drug-likeness (QED) is 0.783. The molecule has 0 aliphatic carbocycles. The van der Waals surface area contributed by atoms with E-state index in [0.717, 1.165) is 39.4 Å². The lowest BCUT2D eigenvalue weighted by atomic mass is 10.1. The fourth-order valence-electron chi connectivity index (χ4n) is 3.00. The van der Waals surface area contributed by atoms with Crippen molar-refractivity contribution < 1.29 is 14.3 Å². The third-order valence-corrected chi connectivity index (χ3v) is 4.56. The fraction of sp³-hybridized carbons (Fsp3) is 0.667. The molecule has 1 N–H and O–H groups in total. The number of hydrogen-bond acceptors (Lipinski definition) is 5. The minimum absolute atomic E-state index is 0.299. The van der Waals surface area contributed by atoms with E-state index < -0.39 is 0 Å². The van der Waals surface area contributed by atoms with Gasteiger partial charge in [-0.3, -0.25) is 4.90 Å². The van der Waals surface area contributed by atoms with Gasteiger partial charge < -0.3 is 19.7 Å². The molecule has 0 aromatic heterocycles. The standard InChI is InChI=1S/C18H29N3O3.C3H8/c1-4-20(10-9-19-18(22)23-3)15(2)16-5-7-17(8-6-16)21-11-13-24-14-12-21;1-3-2/h5-8,15H,4,9-14H2,1-3H3,(H,19,22);3H2,1-2H3. The largest absolute Gasteiger partial charge is 0.453 e. The van der Waals surface area contributed by atoms with E-state index in [0.29, 0.717) is 12.6 Å². The number of alkyl carbamates (subject to hydrolysis) is 1. The fourth-order valence-corrected chi connectivity index (χ4v) is 3.00. The van der Waals surface area contributed by atoms with Gasteiger partial charge in [-0.25, -0.2) is 4.79 Å². The molecule has 0 saturated carbocycles. The molecule has 6 nitrogen and oxygen atoms in total. The maximum absolute atomic E-state index is 11.1. The number of ether oxygens (including phenoxy) is 2. The van der Waals surface area contributed by atoms with Gasteiger partial charge in [0.1, 0.15) is 0 Å². The van der Waals surface area contributed by atoms with Crippen LogP contribution in [0.5, 0.6) is 0 Å². The molecular weight excluding hydrogens is 342 g/mol. The van der Waals surface area contributed by atoms with Gasteiger partial charge in [0.15, 0.2) is 0 Å². The van der Waals surface area contributed by atoms with Gasteiger partial charge in [-0.05, 0) is 31.2 Å². The van der Waals surface area contributed by atoms with Crippen molar-refractivity contribution in [2.24, 2.45) is 0 Å². The Labute approximate surface area is 164 Å². The summed E-state index contributed by atoms with van der Waals surface area (Å²) in [5, 5.41) is 2.73. The van der Waals surface area contributed by atoms with E-state index in [1.54, 1.807) is 0 Å². The zero-order chi connectivity index (χ0) is 20.1. The lowest BCUT2D eigenvalue weighted by Crippen LogP contribution is -2.36. The number of nitrogens with zero attached hydrogens (tertiary/aromatic N) is 2. The number of hydrogen-bond donors (Lipinski definition) is 1. The Morgan fingerprint density at radius 2 is 1.81 bits per heavy atom. The molecule has 6 heteroatoms. The summed E-state index contributed by atoms with van der Waals surface area (Å²) in [5.41, 5.74) is 2.54. The lowest BCUT2D eigenvalue weighted by molar-refractivity contribution is 0.122. The zero-order valence-electron chi connectivity index (χ0n) is 17.7. The number of benzene rings is 1. The van der Waals surface area contributed by atoms with Crippen molar-refractivity contribution in [2.75, 3.05) is 57.9 Å². The van der Waals surface area contributed by atoms with Crippen molar-refractivity contribution in [3.05, 3.63) is 29.8 Å². The smallest absolute Gasteiger partial charge is 0.406 e. The first-order valence-electron chi connectivity index (χ1n) is 10.1. The van der Waals surface area contributed by atoms with Crippen molar-refractivity contribution in [1.29, 1.82) is 0 Å². The van der Waals surface area contributed by atoms with Crippen molar-refractivity contribution in [3.63, 3.8) is 0 Å². The van der Waals surface area contributed by atoms with Crippen LogP contribution in [0.2, 0.25) is 0 Å². The van der Waals surface area contributed by atoms with Crippen molar-refractivity contribution in [3.8, 4) is 0 Å². The molecule has 1 atom stereocenters. The molecule has 0 spiro atoms. The average molecular weight is 380 g/mol. The average Bonchev–Trinajstić information content (AvgIpc) is 2.72. The molecule has 1 aromatic rings. The summed E-state index contributed by atoms with van der Waals surface area (Å²) < 4.78 is 10.0. The Balaban J connectivity index is 0.00000114. The minimum atomic E-state index is -0.381. The molecule has 1 aliphatic heterocycles. The summed E-state index contributed by atoms with van der Waals surface area (Å²) in [6.45, 7) is 14.4. The van der Waals surface area contributed by atoms with Crippen LogP contribution >= 0.6 is 0 Å². The van der Waals surface area contributed by atoms with E-state index in [4.69, 9.17) is 4.74 Å². The van der Waals surface area contributed by atoms with Crippen LogP contribution in [0.15, 0.2) is 24.3 Å². The summed E-state index contributed by atoms with van der Waals surface area (Å²) >= 11 is 0. The summed E-state index contributed by atoms with van der Waals surface area (Å²) in [7, 11) is 1.38. The van der Waals surface area contributed by atoms with E-state index in [2.05, 4.69) is 71.8 Å². The first-order chi connectivity index (χ1) is 13.1. The van der Waals surface area contributed by atoms with Crippen molar-refractivity contribution in [2.45, 2.75) is 40.2 Å². The zero-order valence-corrected chi connectivity index (χ0v) is 17.7. The second-order valence-electron chi connectivity index (χ2n) is 6.62. The summed E-state index contributed by atoms with van der Waals surface area (Å²) in [4.78, 5) is 15.8. The summed E-state index contributed by atoms with van der Waals surface area (Å²) in [6.07, 6.45) is 0.869. The Kier molecular flexibility index (Phi) is 11.5. The lowest BCUT2D eigenvalue weighted by Gasteiger charge is -2.30. The predicted octanol–water partition coefficient (Wildman–Crippen LogP) is 3.68. The Bertz CT molecular complexity index is 516. The Morgan fingerprint density at radius 3 is 2.33 bits per heavy atom. The number of carbonyl (C=O) groups is 1. The van der Waals surface area contributed by atoms with Gasteiger partial charge in [-0.1, -0.05) is 39.3 Å². The second-order valence-corrected chi connectivity index (χ2v) is 6.62. The molecule has 1 saturated heterocycles. The molecular formula is C21H37N3O3. The minimum Gasteiger partial charge on any atom is -0.453 e. The Hall–Kier alpha value is -1.79. The summed E-state index contributed by atoms with van der Waals surface area (Å²) in [5.74, 6) is 0. The first-order valence-corrected chi connectivity index (χ1v) is 10.1. The van der Waals surface area contributed by atoms with Crippen LogP contribution in [-0.2, 0) is 9.47 Å². The Morgan fingerprint density at radius 1 is 1.22 bits per heavy atom. The van der Waals surface area contributed by atoms with Crippen LogP contribution in [0.25, 0.3) is 0 Å².